The molecule has 0 spiro atoms. The molecule has 0 unspecified atom stereocenters. The zero-order valence-corrected chi connectivity index (χ0v) is 11.2. The van der Waals surface area contributed by atoms with Crippen LogP contribution in [-0.4, -0.2) is 28.1 Å². The Kier molecular flexibility index (Phi) is 5.61. The van der Waals surface area contributed by atoms with Crippen LogP contribution in [0.3, 0.4) is 0 Å². The Bertz CT molecular complexity index is 444. The lowest BCUT2D eigenvalue weighted by molar-refractivity contribution is 0.575. The third-order valence-corrected chi connectivity index (χ3v) is 4.02. The van der Waals surface area contributed by atoms with Crippen molar-refractivity contribution < 1.29 is 8.42 Å². The number of hydrogen-bond donors (Lipinski definition) is 2. The van der Waals surface area contributed by atoms with Gasteiger partial charge in [0.25, 0.3) is 0 Å². The van der Waals surface area contributed by atoms with Crippen LogP contribution in [0.25, 0.3) is 0 Å². The van der Waals surface area contributed by atoms with Gasteiger partial charge in [-0.1, -0.05) is 25.1 Å². The average molecular weight is 256 g/mol. The summed E-state index contributed by atoms with van der Waals surface area (Å²) in [5.74, 6) is 0. The van der Waals surface area contributed by atoms with E-state index in [9.17, 15) is 8.42 Å². The Hall–Kier alpha value is -0.910. The van der Waals surface area contributed by atoms with Crippen molar-refractivity contribution in [2.24, 2.45) is 0 Å². The molecule has 2 N–H and O–H groups in total. The van der Waals surface area contributed by atoms with Crippen molar-refractivity contribution in [3.63, 3.8) is 0 Å². The highest BCUT2D eigenvalue weighted by atomic mass is 32.2. The first-order valence-electron chi connectivity index (χ1n) is 5.84. The lowest BCUT2D eigenvalue weighted by Gasteiger charge is -2.09. The molecule has 17 heavy (non-hydrogen) atoms. The van der Waals surface area contributed by atoms with Gasteiger partial charge in [0.05, 0.1) is 4.90 Å². The normalized spacial score (nSPS) is 11.6. The van der Waals surface area contributed by atoms with Crippen molar-refractivity contribution in [3.8, 4) is 0 Å². The maximum Gasteiger partial charge on any atom is 0.240 e. The standard InChI is InChI=1S/C12H20N2O2S/c1-3-8-13-9-10-14-17(15,16)12-7-5-4-6-11(12)2/h4-7,13-14H,3,8-10H2,1-2H3. The summed E-state index contributed by atoms with van der Waals surface area (Å²) in [6.45, 7) is 5.84. The zero-order chi connectivity index (χ0) is 12.7. The number of benzene rings is 1. The first-order chi connectivity index (χ1) is 8.08. The van der Waals surface area contributed by atoms with Gasteiger partial charge in [-0.3, -0.25) is 0 Å². The van der Waals surface area contributed by atoms with Crippen LogP contribution in [0.5, 0.6) is 0 Å². The van der Waals surface area contributed by atoms with Crippen molar-refractivity contribution in [2.75, 3.05) is 19.6 Å². The lowest BCUT2D eigenvalue weighted by Crippen LogP contribution is -2.32. The summed E-state index contributed by atoms with van der Waals surface area (Å²) in [5, 5.41) is 3.15. The van der Waals surface area contributed by atoms with Crippen molar-refractivity contribution in [1.29, 1.82) is 0 Å². The Morgan fingerprint density at radius 2 is 1.82 bits per heavy atom. The summed E-state index contributed by atoms with van der Waals surface area (Å²) < 4.78 is 26.5. The first kappa shape index (κ1) is 14.2. The summed E-state index contributed by atoms with van der Waals surface area (Å²) in [5.41, 5.74) is 0.765. The topological polar surface area (TPSA) is 58.2 Å². The molecule has 5 heteroatoms. The van der Waals surface area contributed by atoms with Gasteiger partial charge in [0, 0.05) is 13.1 Å². The zero-order valence-electron chi connectivity index (χ0n) is 10.4. The maximum atomic E-state index is 11.9. The molecule has 96 valence electrons. The van der Waals surface area contributed by atoms with Crippen molar-refractivity contribution in [2.45, 2.75) is 25.2 Å². The van der Waals surface area contributed by atoms with E-state index in [0.29, 0.717) is 18.0 Å². The van der Waals surface area contributed by atoms with Crippen molar-refractivity contribution >= 4 is 10.0 Å². The Labute approximate surface area is 103 Å². The molecule has 0 atom stereocenters. The predicted molar refractivity (Wildman–Crippen MR) is 69.5 cm³/mol. The second-order valence-electron chi connectivity index (χ2n) is 3.91. The largest absolute Gasteiger partial charge is 0.315 e. The summed E-state index contributed by atoms with van der Waals surface area (Å²) in [6, 6.07) is 6.98. The fourth-order valence-corrected chi connectivity index (χ4v) is 2.79. The molecular weight excluding hydrogens is 236 g/mol. The van der Waals surface area contributed by atoms with Crippen LogP contribution in [-0.2, 0) is 10.0 Å². The van der Waals surface area contributed by atoms with E-state index in [0.717, 1.165) is 18.5 Å². The highest BCUT2D eigenvalue weighted by Gasteiger charge is 2.14. The van der Waals surface area contributed by atoms with Crippen LogP contribution in [0.15, 0.2) is 29.2 Å². The lowest BCUT2D eigenvalue weighted by atomic mass is 10.2. The molecule has 0 aliphatic rings. The number of nitrogens with one attached hydrogen (secondary N) is 2. The summed E-state index contributed by atoms with van der Waals surface area (Å²) in [7, 11) is -3.37. The van der Waals surface area contributed by atoms with E-state index < -0.39 is 10.0 Å². The number of sulfonamides is 1. The SMILES string of the molecule is CCCNCCNS(=O)(=O)c1ccccc1C. The Morgan fingerprint density at radius 1 is 1.12 bits per heavy atom. The first-order valence-corrected chi connectivity index (χ1v) is 7.32. The third-order valence-electron chi connectivity index (χ3n) is 2.40. The van der Waals surface area contributed by atoms with Gasteiger partial charge in [0.1, 0.15) is 0 Å². The van der Waals surface area contributed by atoms with Gasteiger partial charge in [-0.2, -0.15) is 0 Å². The predicted octanol–water partition coefficient (Wildman–Crippen LogP) is 1.27. The van der Waals surface area contributed by atoms with Gasteiger partial charge in [0.2, 0.25) is 10.0 Å². The smallest absolute Gasteiger partial charge is 0.240 e. The number of aryl methyl sites for hydroxylation is 1. The van der Waals surface area contributed by atoms with Gasteiger partial charge in [-0.15, -0.1) is 0 Å². The molecule has 0 saturated carbocycles. The van der Waals surface area contributed by atoms with Crippen molar-refractivity contribution in [1.82, 2.24) is 10.0 Å². The fourth-order valence-electron chi connectivity index (χ4n) is 1.51. The second kappa shape index (κ2) is 6.74. The molecule has 0 fully saturated rings. The van der Waals surface area contributed by atoms with Gasteiger partial charge in [-0.25, -0.2) is 13.1 Å². The second-order valence-corrected chi connectivity index (χ2v) is 5.65. The molecule has 0 heterocycles. The van der Waals surface area contributed by atoms with Gasteiger partial charge < -0.3 is 5.32 Å². The Balaban J connectivity index is 2.55. The number of hydrogen-bond acceptors (Lipinski definition) is 3. The Morgan fingerprint density at radius 3 is 2.47 bits per heavy atom. The van der Waals surface area contributed by atoms with E-state index in [1.165, 1.54) is 0 Å². The van der Waals surface area contributed by atoms with Gasteiger partial charge in [-0.05, 0) is 31.5 Å². The molecule has 0 aliphatic heterocycles. The van der Waals surface area contributed by atoms with E-state index in [4.69, 9.17) is 0 Å². The van der Waals surface area contributed by atoms with Crippen LogP contribution in [0.4, 0.5) is 0 Å². The highest BCUT2D eigenvalue weighted by molar-refractivity contribution is 7.89. The summed E-state index contributed by atoms with van der Waals surface area (Å²) >= 11 is 0. The van der Waals surface area contributed by atoms with Crippen LogP contribution >= 0.6 is 0 Å². The summed E-state index contributed by atoms with van der Waals surface area (Å²) in [6.07, 6.45) is 1.05. The maximum absolute atomic E-state index is 11.9. The molecule has 1 aromatic rings. The van der Waals surface area contributed by atoms with Crippen LogP contribution < -0.4 is 10.0 Å². The van der Waals surface area contributed by atoms with Crippen LogP contribution in [0.2, 0.25) is 0 Å². The third kappa shape index (κ3) is 4.46. The minimum Gasteiger partial charge on any atom is -0.315 e. The van der Waals surface area contributed by atoms with Gasteiger partial charge >= 0.3 is 0 Å². The monoisotopic (exact) mass is 256 g/mol. The molecule has 1 aromatic carbocycles. The summed E-state index contributed by atoms with van der Waals surface area (Å²) in [4.78, 5) is 0.357. The van der Waals surface area contributed by atoms with E-state index in [1.807, 2.05) is 6.07 Å². The fraction of sp³-hybridized carbons (Fsp3) is 0.500. The van der Waals surface area contributed by atoms with E-state index in [1.54, 1.807) is 25.1 Å². The average Bonchev–Trinajstić information content (AvgIpc) is 2.29. The van der Waals surface area contributed by atoms with E-state index >= 15 is 0 Å². The van der Waals surface area contributed by atoms with Crippen molar-refractivity contribution in [3.05, 3.63) is 29.8 Å². The molecule has 0 amide bonds. The molecule has 0 saturated heterocycles. The number of rotatable bonds is 7. The highest BCUT2D eigenvalue weighted by Crippen LogP contribution is 2.13. The van der Waals surface area contributed by atoms with E-state index in [2.05, 4.69) is 17.0 Å². The molecule has 4 nitrogen and oxygen atoms in total. The minimum absolute atomic E-state index is 0.357. The molecular formula is C12H20N2O2S. The molecule has 0 aromatic heterocycles. The van der Waals surface area contributed by atoms with Crippen LogP contribution in [0, 0.1) is 6.92 Å². The van der Waals surface area contributed by atoms with E-state index in [-0.39, 0.29) is 0 Å². The minimum atomic E-state index is -3.37. The molecule has 1 rings (SSSR count). The van der Waals surface area contributed by atoms with Gasteiger partial charge in [0.15, 0.2) is 0 Å². The molecule has 0 bridgehead atoms. The van der Waals surface area contributed by atoms with Crippen LogP contribution in [0.1, 0.15) is 18.9 Å². The molecule has 0 aliphatic carbocycles. The quantitative estimate of drug-likeness (QED) is 0.722. The molecule has 0 radical (unpaired) electrons.